The molecule has 1 amide bonds. The van der Waals surface area contributed by atoms with Gasteiger partial charge >= 0.3 is 0 Å². The molecule has 2 rings (SSSR count). The van der Waals surface area contributed by atoms with E-state index in [9.17, 15) is 13.6 Å². The van der Waals surface area contributed by atoms with E-state index in [0.717, 1.165) is 10.0 Å². The second-order valence-electron chi connectivity index (χ2n) is 4.67. The average Bonchev–Trinajstić information content (AvgIpc) is 2.78. The molecule has 0 spiro atoms. The van der Waals surface area contributed by atoms with Gasteiger partial charge in [0.2, 0.25) is 5.91 Å². The normalized spacial score (nSPS) is 20.7. The van der Waals surface area contributed by atoms with E-state index in [2.05, 4.69) is 26.6 Å². The maximum absolute atomic E-state index is 13.0. The molecule has 1 fully saturated rings. The van der Waals surface area contributed by atoms with Crippen molar-refractivity contribution in [1.29, 1.82) is 0 Å². The molecular formula is C13H15BrF2N2O2. The van der Waals surface area contributed by atoms with Crippen molar-refractivity contribution in [1.82, 2.24) is 10.6 Å². The number of alkyl halides is 2. The van der Waals surface area contributed by atoms with Crippen molar-refractivity contribution < 1.29 is 18.3 Å². The van der Waals surface area contributed by atoms with Crippen LogP contribution in [-0.2, 0) is 11.3 Å². The Hall–Kier alpha value is -1.21. The van der Waals surface area contributed by atoms with Gasteiger partial charge in [0.15, 0.2) is 0 Å². The van der Waals surface area contributed by atoms with Gasteiger partial charge in [0.1, 0.15) is 5.75 Å². The molecule has 4 nitrogen and oxygen atoms in total. The molecule has 1 aromatic rings. The number of rotatable bonds is 4. The summed E-state index contributed by atoms with van der Waals surface area (Å²) in [5.74, 6) is -2.56. The maximum Gasteiger partial charge on any atom is 0.262 e. The van der Waals surface area contributed by atoms with Crippen LogP contribution in [0.4, 0.5) is 8.78 Å². The van der Waals surface area contributed by atoms with Gasteiger partial charge in [-0.05, 0) is 23.8 Å². The van der Waals surface area contributed by atoms with Gasteiger partial charge in [-0.25, -0.2) is 8.78 Å². The predicted molar refractivity (Wildman–Crippen MR) is 73.9 cm³/mol. The number of carbonyl (C=O) groups is 1. The number of carbonyl (C=O) groups excluding carboxylic acids is 1. The monoisotopic (exact) mass is 348 g/mol. The Morgan fingerprint density at radius 3 is 2.95 bits per heavy atom. The fraction of sp³-hybridized carbons (Fsp3) is 0.462. The molecule has 1 saturated heterocycles. The van der Waals surface area contributed by atoms with Gasteiger partial charge in [0, 0.05) is 17.4 Å². The molecule has 0 aromatic heterocycles. The quantitative estimate of drug-likeness (QED) is 0.875. The lowest BCUT2D eigenvalue weighted by Gasteiger charge is -2.12. The van der Waals surface area contributed by atoms with Crippen molar-refractivity contribution in [3.8, 4) is 5.75 Å². The topological polar surface area (TPSA) is 50.4 Å². The van der Waals surface area contributed by atoms with E-state index in [-0.39, 0.29) is 6.54 Å². The fourth-order valence-electron chi connectivity index (χ4n) is 2.02. The molecule has 0 aliphatic carbocycles. The van der Waals surface area contributed by atoms with Crippen LogP contribution in [0.5, 0.6) is 5.75 Å². The Labute approximate surface area is 124 Å². The minimum absolute atomic E-state index is 0.250. The number of nitrogens with one attached hydrogen (secondary N) is 2. The summed E-state index contributed by atoms with van der Waals surface area (Å²) in [5, 5.41) is 5.17. The molecule has 1 unspecified atom stereocenters. The lowest BCUT2D eigenvalue weighted by Crippen LogP contribution is -2.40. The minimum Gasteiger partial charge on any atom is -0.497 e. The number of amides is 1. The van der Waals surface area contributed by atoms with E-state index in [1.54, 1.807) is 19.2 Å². The Morgan fingerprint density at radius 2 is 2.35 bits per heavy atom. The molecule has 2 N–H and O–H groups in total. The lowest BCUT2D eigenvalue weighted by atomic mass is 10.1. The Balaban J connectivity index is 1.94. The summed E-state index contributed by atoms with van der Waals surface area (Å²) in [7, 11) is 1.55. The third-order valence-electron chi connectivity index (χ3n) is 3.13. The average molecular weight is 349 g/mol. The van der Waals surface area contributed by atoms with Gasteiger partial charge in [-0.3, -0.25) is 10.1 Å². The van der Waals surface area contributed by atoms with Crippen LogP contribution >= 0.6 is 15.9 Å². The van der Waals surface area contributed by atoms with Crippen molar-refractivity contribution in [2.45, 2.75) is 24.9 Å². The molecule has 110 valence electrons. The van der Waals surface area contributed by atoms with E-state index in [4.69, 9.17) is 4.74 Å². The highest BCUT2D eigenvalue weighted by atomic mass is 79.9. The third kappa shape index (κ3) is 3.67. The van der Waals surface area contributed by atoms with Crippen LogP contribution in [0, 0.1) is 0 Å². The van der Waals surface area contributed by atoms with Gasteiger partial charge in [-0.15, -0.1) is 0 Å². The summed E-state index contributed by atoms with van der Waals surface area (Å²) in [6.45, 7) is -0.200. The number of ether oxygens (including phenoxy) is 1. The molecule has 1 heterocycles. The van der Waals surface area contributed by atoms with E-state index in [1.165, 1.54) is 0 Å². The van der Waals surface area contributed by atoms with Crippen LogP contribution in [0.3, 0.4) is 0 Å². The second-order valence-corrected chi connectivity index (χ2v) is 5.52. The van der Waals surface area contributed by atoms with Crippen molar-refractivity contribution in [3.63, 3.8) is 0 Å². The highest BCUT2D eigenvalue weighted by molar-refractivity contribution is 9.10. The van der Waals surface area contributed by atoms with Gasteiger partial charge < -0.3 is 10.1 Å². The summed E-state index contributed by atoms with van der Waals surface area (Å²) >= 11 is 3.37. The molecule has 0 radical (unpaired) electrons. The third-order valence-corrected chi connectivity index (χ3v) is 3.91. The lowest BCUT2D eigenvalue weighted by molar-refractivity contribution is -0.123. The van der Waals surface area contributed by atoms with Crippen LogP contribution in [0.15, 0.2) is 22.7 Å². The van der Waals surface area contributed by atoms with Crippen LogP contribution in [0.1, 0.15) is 12.0 Å². The molecular weight excluding hydrogens is 334 g/mol. The van der Waals surface area contributed by atoms with Crippen molar-refractivity contribution in [3.05, 3.63) is 28.2 Å². The molecule has 1 aliphatic rings. The Kier molecular flexibility index (Phi) is 4.59. The molecule has 1 aliphatic heterocycles. The maximum atomic E-state index is 13.0. The van der Waals surface area contributed by atoms with E-state index < -0.39 is 30.8 Å². The Morgan fingerprint density at radius 1 is 1.60 bits per heavy atom. The Bertz CT molecular complexity index is 511. The van der Waals surface area contributed by atoms with Gasteiger partial charge in [0.05, 0.1) is 19.7 Å². The van der Waals surface area contributed by atoms with Crippen LogP contribution in [0.2, 0.25) is 0 Å². The van der Waals surface area contributed by atoms with Crippen molar-refractivity contribution in [2.24, 2.45) is 0 Å². The molecule has 0 saturated carbocycles. The first-order valence-electron chi connectivity index (χ1n) is 6.12. The van der Waals surface area contributed by atoms with Crippen molar-refractivity contribution in [2.75, 3.05) is 13.7 Å². The van der Waals surface area contributed by atoms with Gasteiger partial charge in [-0.2, -0.15) is 0 Å². The highest BCUT2D eigenvalue weighted by Crippen LogP contribution is 2.25. The first kappa shape index (κ1) is 15.2. The van der Waals surface area contributed by atoms with Crippen LogP contribution in [-0.4, -0.2) is 31.5 Å². The SMILES string of the molecule is COc1ccc(Br)c(CNC(=O)C2CC(F)(F)CN2)c1. The van der Waals surface area contributed by atoms with Crippen molar-refractivity contribution >= 4 is 21.8 Å². The van der Waals surface area contributed by atoms with Crippen LogP contribution in [0.25, 0.3) is 0 Å². The van der Waals surface area contributed by atoms with E-state index >= 15 is 0 Å². The van der Waals surface area contributed by atoms with E-state index in [0.29, 0.717) is 5.75 Å². The van der Waals surface area contributed by atoms with Gasteiger partial charge in [0.25, 0.3) is 5.92 Å². The second kappa shape index (κ2) is 6.05. The first-order chi connectivity index (χ1) is 9.41. The summed E-state index contributed by atoms with van der Waals surface area (Å²) < 4.78 is 31.9. The number of hydrogen-bond donors (Lipinski definition) is 2. The van der Waals surface area contributed by atoms with Crippen LogP contribution < -0.4 is 15.4 Å². The van der Waals surface area contributed by atoms with Gasteiger partial charge in [-0.1, -0.05) is 15.9 Å². The molecule has 1 aromatic carbocycles. The molecule has 0 bridgehead atoms. The smallest absolute Gasteiger partial charge is 0.262 e. The predicted octanol–water partition coefficient (Wildman–Crippen LogP) is 2.07. The minimum atomic E-state index is -2.81. The zero-order chi connectivity index (χ0) is 14.8. The molecule has 1 atom stereocenters. The van der Waals surface area contributed by atoms with E-state index in [1.807, 2.05) is 6.07 Å². The number of hydrogen-bond acceptors (Lipinski definition) is 3. The number of methoxy groups -OCH3 is 1. The molecule has 20 heavy (non-hydrogen) atoms. The summed E-state index contributed by atoms with van der Waals surface area (Å²) in [6.07, 6.45) is -0.460. The summed E-state index contributed by atoms with van der Waals surface area (Å²) in [6, 6.07) is 4.53. The first-order valence-corrected chi connectivity index (χ1v) is 6.92. The molecule has 7 heteroatoms. The largest absolute Gasteiger partial charge is 0.497 e. The fourth-order valence-corrected chi connectivity index (χ4v) is 2.41. The number of halogens is 3. The zero-order valence-corrected chi connectivity index (χ0v) is 12.5. The summed E-state index contributed by atoms with van der Waals surface area (Å²) in [5.41, 5.74) is 0.822. The highest BCUT2D eigenvalue weighted by Gasteiger charge is 2.42. The summed E-state index contributed by atoms with van der Waals surface area (Å²) in [4.78, 5) is 11.8. The standard InChI is InChI=1S/C13H15BrF2N2O2/c1-20-9-2-3-10(14)8(4-9)6-17-12(19)11-5-13(15,16)7-18-11/h2-4,11,18H,5-7H2,1H3,(H,17,19). The number of benzene rings is 1. The zero-order valence-electron chi connectivity index (χ0n) is 10.9.